The van der Waals surface area contributed by atoms with Crippen molar-refractivity contribution in [1.82, 2.24) is 0 Å². The van der Waals surface area contributed by atoms with E-state index in [-0.39, 0.29) is 5.92 Å². The van der Waals surface area contributed by atoms with Crippen molar-refractivity contribution in [3.8, 4) is 0 Å². The van der Waals surface area contributed by atoms with Crippen LogP contribution >= 0.6 is 23.2 Å². The standard InChI is InChI=1S/C15H22Cl2O3/c1-18-8-9-20-11-10-19-7-6-13(12-16)14-4-2-3-5-15(14)17/h2-5,13H,6-12H2,1H3. The van der Waals surface area contributed by atoms with Crippen LogP contribution in [0.2, 0.25) is 5.02 Å². The summed E-state index contributed by atoms with van der Waals surface area (Å²) < 4.78 is 15.7. The molecule has 0 amide bonds. The molecule has 0 saturated carbocycles. The Morgan fingerprint density at radius 3 is 2.30 bits per heavy atom. The molecule has 5 heteroatoms. The fraction of sp³-hybridized carbons (Fsp3) is 0.600. The molecule has 1 aromatic rings. The predicted molar refractivity (Wildman–Crippen MR) is 83.0 cm³/mol. The highest BCUT2D eigenvalue weighted by molar-refractivity contribution is 6.31. The Balaban J connectivity index is 2.18. The molecule has 0 bridgehead atoms. The summed E-state index contributed by atoms with van der Waals surface area (Å²) in [7, 11) is 1.65. The molecule has 1 atom stereocenters. The monoisotopic (exact) mass is 320 g/mol. The highest BCUT2D eigenvalue weighted by Crippen LogP contribution is 2.27. The maximum absolute atomic E-state index is 6.18. The van der Waals surface area contributed by atoms with Crippen LogP contribution < -0.4 is 0 Å². The Morgan fingerprint density at radius 1 is 1.00 bits per heavy atom. The van der Waals surface area contributed by atoms with Crippen molar-refractivity contribution < 1.29 is 14.2 Å². The Labute approximate surface area is 131 Å². The normalized spacial score (nSPS) is 12.6. The Bertz CT molecular complexity index is 361. The van der Waals surface area contributed by atoms with E-state index in [0.717, 1.165) is 17.0 Å². The first-order chi connectivity index (χ1) is 9.79. The van der Waals surface area contributed by atoms with Crippen LogP contribution in [0, 0.1) is 0 Å². The van der Waals surface area contributed by atoms with Crippen molar-refractivity contribution in [3.05, 3.63) is 34.9 Å². The van der Waals surface area contributed by atoms with Crippen molar-refractivity contribution >= 4 is 23.2 Å². The molecule has 1 rings (SSSR count). The summed E-state index contributed by atoms with van der Waals surface area (Å²) in [6.45, 7) is 3.03. The number of halogens is 2. The third kappa shape index (κ3) is 6.91. The molecule has 0 aliphatic rings. The molecule has 1 unspecified atom stereocenters. The van der Waals surface area contributed by atoms with E-state index in [1.165, 1.54) is 0 Å². The Kier molecular flexibility index (Phi) is 10.1. The SMILES string of the molecule is COCCOCCOCCC(CCl)c1ccccc1Cl. The number of ether oxygens (including phenoxy) is 3. The van der Waals surface area contributed by atoms with E-state index >= 15 is 0 Å². The minimum atomic E-state index is 0.222. The number of hydrogen-bond acceptors (Lipinski definition) is 3. The van der Waals surface area contributed by atoms with Crippen molar-refractivity contribution in [2.75, 3.05) is 46.0 Å². The van der Waals surface area contributed by atoms with Gasteiger partial charge in [-0.25, -0.2) is 0 Å². The summed E-state index contributed by atoms with van der Waals surface area (Å²) in [5.74, 6) is 0.761. The summed E-state index contributed by atoms with van der Waals surface area (Å²) in [6, 6.07) is 7.81. The van der Waals surface area contributed by atoms with Gasteiger partial charge in [0.25, 0.3) is 0 Å². The molecule has 0 fully saturated rings. The van der Waals surface area contributed by atoms with E-state index in [1.54, 1.807) is 7.11 Å². The molecular formula is C15H22Cl2O3. The maximum atomic E-state index is 6.18. The van der Waals surface area contributed by atoms with Gasteiger partial charge in [0.2, 0.25) is 0 Å². The highest BCUT2D eigenvalue weighted by atomic mass is 35.5. The van der Waals surface area contributed by atoms with Gasteiger partial charge in [0.05, 0.1) is 26.4 Å². The molecule has 1 aromatic carbocycles. The van der Waals surface area contributed by atoms with Gasteiger partial charge in [-0.3, -0.25) is 0 Å². The van der Waals surface area contributed by atoms with E-state index in [4.69, 9.17) is 37.4 Å². The molecule has 0 radical (unpaired) electrons. The molecule has 0 aliphatic carbocycles. The van der Waals surface area contributed by atoms with Crippen LogP contribution in [-0.4, -0.2) is 46.0 Å². The van der Waals surface area contributed by atoms with Crippen molar-refractivity contribution in [2.24, 2.45) is 0 Å². The van der Waals surface area contributed by atoms with Gasteiger partial charge < -0.3 is 14.2 Å². The van der Waals surface area contributed by atoms with Crippen LogP contribution in [0.1, 0.15) is 17.9 Å². The largest absolute Gasteiger partial charge is 0.382 e. The lowest BCUT2D eigenvalue weighted by Gasteiger charge is -2.16. The minimum Gasteiger partial charge on any atom is -0.382 e. The summed E-state index contributed by atoms with van der Waals surface area (Å²) in [5.41, 5.74) is 1.09. The van der Waals surface area contributed by atoms with Crippen LogP contribution in [-0.2, 0) is 14.2 Å². The summed E-state index contributed by atoms with van der Waals surface area (Å²) >= 11 is 12.2. The molecule has 3 nitrogen and oxygen atoms in total. The first kappa shape index (κ1) is 17.7. The quantitative estimate of drug-likeness (QED) is 0.459. The smallest absolute Gasteiger partial charge is 0.0701 e. The summed E-state index contributed by atoms with van der Waals surface area (Å²) in [6.07, 6.45) is 0.852. The van der Waals surface area contributed by atoms with Crippen LogP contribution in [0.25, 0.3) is 0 Å². The molecule has 0 aromatic heterocycles. The van der Waals surface area contributed by atoms with Crippen LogP contribution in [0.5, 0.6) is 0 Å². The van der Waals surface area contributed by atoms with Crippen molar-refractivity contribution in [3.63, 3.8) is 0 Å². The van der Waals surface area contributed by atoms with Gasteiger partial charge in [0, 0.05) is 30.5 Å². The molecule has 0 aliphatic heterocycles. The molecule has 0 saturated heterocycles. The van der Waals surface area contributed by atoms with Crippen molar-refractivity contribution in [2.45, 2.75) is 12.3 Å². The summed E-state index contributed by atoms with van der Waals surface area (Å²) in [4.78, 5) is 0. The fourth-order valence-electron chi connectivity index (χ4n) is 1.81. The lowest BCUT2D eigenvalue weighted by molar-refractivity contribution is 0.0235. The number of methoxy groups -OCH3 is 1. The molecular weight excluding hydrogens is 299 g/mol. The second-order valence-electron chi connectivity index (χ2n) is 4.38. The molecule has 0 spiro atoms. The molecule has 0 N–H and O–H groups in total. The Morgan fingerprint density at radius 2 is 1.65 bits per heavy atom. The van der Waals surface area contributed by atoms with E-state index in [0.29, 0.717) is 38.9 Å². The lowest BCUT2D eigenvalue weighted by atomic mass is 9.98. The van der Waals surface area contributed by atoms with E-state index in [2.05, 4.69) is 0 Å². The average molecular weight is 321 g/mol. The van der Waals surface area contributed by atoms with Gasteiger partial charge in [-0.15, -0.1) is 11.6 Å². The molecule has 20 heavy (non-hydrogen) atoms. The first-order valence-corrected chi connectivity index (χ1v) is 7.65. The topological polar surface area (TPSA) is 27.7 Å². The first-order valence-electron chi connectivity index (χ1n) is 6.74. The number of alkyl halides is 1. The second-order valence-corrected chi connectivity index (χ2v) is 5.09. The van der Waals surface area contributed by atoms with E-state index < -0.39 is 0 Å². The number of hydrogen-bond donors (Lipinski definition) is 0. The summed E-state index contributed by atoms with van der Waals surface area (Å²) in [5, 5.41) is 0.765. The van der Waals surface area contributed by atoms with Crippen molar-refractivity contribution in [1.29, 1.82) is 0 Å². The average Bonchev–Trinajstić information content (AvgIpc) is 2.47. The zero-order chi connectivity index (χ0) is 14.6. The van der Waals surface area contributed by atoms with Gasteiger partial charge in [0.15, 0.2) is 0 Å². The van der Waals surface area contributed by atoms with Crippen LogP contribution in [0.4, 0.5) is 0 Å². The molecule has 114 valence electrons. The zero-order valence-corrected chi connectivity index (χ0v) is 13.3. The van der Waals surface area contributed by atoms with E-state index in [9.17, 15) is 0 Å². The number of rotatable bonds is 11. The van der Waals surface area contributed by atoms with Gasteiger partial charge in [-0.1, -0.05) is 29.8 Å². The molecule has 0 heterocycles. The zero-order valence-electron chi connectivity index (χ0n) is 11.8. The lowest BCUT2D eigenvalue weighted by Crippen LogP contribution is -2.11. The third-order valence-electron chi connectivity index (χ3n) is 2.95. The second kappa shape index (κ2) is 11.4. The van der Waals surface area contributed by atoms with Gasteiger partial charge in [-0.2, -0.15) is 0 Å². The third-order valence-corrected chi connectivity index (χ3v) is 3.66. The van der Waals surface area contributed by atoms with Gasteiger partial charge in [-0.05, 0) is 18.1 Å². The minimum absolute atomic E-state index is 0.222. The predicted octanol–water partition coefficient (Wildman–Crippen LogP) is 3.73. The highest BCUT2D eigenvalue weighted by Gasteiger charge is 2.13. The Hall–Kier alpha value is -0.320. The van der Waals surface area contributed by atoms with Gasteiger partial charge in [0.1, 0.15) is 0 Å². The fourth-order valence-corrected chi connectivity index (χ4v) is 2.42. The van der Waals surface area contributed by atoms with Crippen LogP contribution in [0.15, 0.2) is 24.3 Å². The maximum Gasteiger partial charge on any atom is 0.0701 e. The van der Waals surface area contributed by atoms with Gasteiger partial charge >= 0.3 is 0 Å². The van der Waals surface area contributed by atoms with E-state index in [1.807, 2.05) is 24.3 Å². The number of benzene rings is 1. The van der Waals surface area contributed by atoms with Crippen LogP contribution in [0.3, 0.4) is 0 Å².